The Bertz CT molecular complexity index is 1380. The van der Waals surface area contributed by atoms with Crippen LogP contribution in [0.4, 0.5) is 5.69 Å². The molecule has 2 amide bonds. The average molecular weight is 486 g/mol. The number of nitrogens with zero attached hydrogens (tertiary/aromatic N) is 1. The fraction of sp³-hybridized carbons (Fsp3) is 0.261. The molecule has 4 rings (SSSR count). The Kier molecular flexibility index (Phi) is 6.66. The molecule has 0 bridgehead atoms. The van der Waals surface area contributed by atoms with Crippen molar-refractivity contribution in [1.29, 1.82) is 0 Å². The van der Waals surface area contributed by atoms with E-state index in [4.69, 9.17) is 14.3 Å². The van der Waals surface area contributed by atoms with Gasteiger partial charge in [-0.3, -0.25) is 9.59 Å². The van der Waals surface area contributed by atoms with Gasteiger partial charge in [0.25, 0.3) is 5.91 Å². The highest BCUT2D eigenvalue weighted by molar-refractivity contribution is 7.89. The lowest BCUT2D eigenvalue weighted by molar-refractivity contribution is -0.136. The number of nitrogens with two attached hydrogens (primary N) is 1. The van der Waals surface area contributed by atoms with Crippen molar-refractivity contribution < 1.29 is 27.2 Å². The summed E-state index contributed by atoms with van der Waals surface area (Å²) in [5.41, 5.74) is 0.382. The standard InChI is InChI=1S/C23H23N3O7S/c24-34(30,31)19-6-3-17(4-7-19)25-23(29)16-9-11-26(12-10-16)21(27)14-32-18-5-1-15-2-8-22(28)33-20(15)13-18/h1-8,13,16H,9-12,14H2,(H,25,29)(H2,24,30,31). The minimum absolute atomic E-state index is 0.0345. The summed E-state index contributed by atoms with van der Waals surface area (Å²) in [6.07, 6.45) is 0.988. The fourth-order valence-corrected chi connectivity index (χ4v) is 4.25. The van der Waals surface area contributed by atoms with E-state index in [0.29, 0.717) is 43.0 Å². The van der Waals surface area contributed by atoms with E-state index in [0.717, 1.165) is 5.39 Å². The zero-order valence-electron chi connectivity index (χ0n) is 18.1. The van der Waals surface area contributed by atoms with Gasteiger partial charge in [-0.25, -0.2) is 18.4 Å². The Hall–Kier alpha value is -3.70. The molecule has 0 unspecified atom stereocenters. The number of fused-ring (bicyclic) bond motifs is 1. The molecule has 3 N–H and O–H groups in total. The van der Waals surface area contributed by atoms with Crippen LogP contribution in [0.25, 0.3) is 11.0 Å². The maximum atomic E-state index is 12.6. The van der Waals surface area contributed by atoms with Crippen LogP contribution in [-0.4, -0.2) is 44.8 Å². The molecule has 1 aliphatic heterocycles. The molecule has 0 atom stereocenters. The lowest BCUT2D eigenvalue weighted by atomic mass is 9.95. The van der Waals surface area contributed by atoms with Crippen molar-refractivity contribution in [1.82, 2.24) is 4.90 Å². The lowest BCUT2D eigenvalue weighted by Gasteiger charge is -2.31. The third-order valence-corrected chi connectivity index (χ3v) is 6.55. The van der Waals surface area contributed by atoms with Crippen LogP contribution >= 0.6 is 0 Å². The molecule has 3 aromatic rings. The third kappa shape index (κ3) is 5.61. The van der Waals surface area contributed by atoms with Gasteiger partial charge in [0.05, 0.1) is 4.90 Å². The molecule has 1 fully saturated rings. The molecule has 1 saturated heterocycles. The molecular formula is C23H23N3O7S. The molecule has 0 radical (unpaired) electrons. The summed E-state index contributed by atoms with van der Waals surface area (Å²) in [5.74, 6) is -0.249. The highest BCUT2D eigenvalue weighted by Crippen LogP contribution is 2.22. The van der Waals surface area contributed by atoms with Crippen LogP contribution in [0.2, 0.25) is 0 Å². The van der Waals surface area contributed by atoms with Crippen molar-refractivity contribution in [3.8, 4) is 5.75 Å². The summed E-state index contributed by atoms with van der Waals surface area (Å²) in [7, 11) is -3.79. The van der Waals surface area contributed by atoms with E-state index in [2.05, 4.69) is 5.32 Å². The quantitative estimate of drug-likeness (QED) is 0.505. The molecule has 178 valence electrons. The Morgan fingerprint density at radius 1 is 1.06 bits per heavy atom. The first-order valence-corrected chi connectivity index (χ1v) is 12.1. The van der Waals surface area contributed by atoms with Crippen molar-refractivity contribution >= 4 is 38.5 Å². The summed E-state index contributed by atoms with van der Waals surface area (Å²) in [6, 6.07) is 13.6. The minimum Gasteiger partial charge on any atom is -0.484 e. The molecule has 2 heterocycles. The number of nitrogens with one attached hydrogen (secondary N) is 1. The second kappa shape index (κ2) is 9.65. The second-order valence-corrected chi connectivity index (χ2v) is 9.52. The van der Waals surface area contributed by atoms with E-state index >= 15 is 0 Å². The predicted molar refractivity (Wildman–Crippen MR) is 124 cm³/mol. The molecule has 11 heteroatoms. The van der Waals surface area contributed by atoms with E-state index in [-0.39, 0.29) is 29.2 Å². The van der Waals surface area contributed by atoms with Crippen LogP contribution in [-0.2, 0) is 19.6 Å². The number of sulfonamides is 1. The maximum Gasteiger partial charge on any atom is 0.336 e. The number of benzene rings is 2. The second-order valence-electron chi connectivity index (χ2n) is 7.96. The van der Waals surface area contributed by atoms with Gasteiger partial charge in [0.2, 0.25) is 15.9 Å². The molecule has 0 spiro atoms. The number of hydrogen-bond acceptors (Lipinski definition) is 7. The number of carbonyl (C=O) groups excluding carboxylic acids is 2. The highest BCUT2D eigenvalue weighted by Gasteiger charge is 2.27. The summed E-state index contributed by atoms with van der Waals surface area (Å²) >= 11 is 0. The van der Waals surface area contributed by atoms with Crippen LogP contribution in [0.3, 0.4) is 0 Å². The van der Waals surface area contributed by atoms with Crippen molar-refractivity contribution in [2.45, 2.75) is 17.7 Å². The van der Waals surface area contributed by atoms with Gasteiger partial charge in [0, 0.05) is 42.2 Å². The predicted octanol–water partition coefficient (Wildman–Crippen LogP) is 1.70. The van der Waals surface area contributed by atoms with Gasteiger partial charge in [-0.15, -0.1) is 0 Å². The number of primary sulfonamides is 1. The Morgan fingerprint density at radius 3 is 2.41 bits per heavy atom. The molecule has 0 aliphatic carbocycles. The Morgan fingerprint density at radius 2 is 1.74 bits per heavy atom. The number of amides is 2. The van der Waals surface area contributed by atoms with Crippen LogP contribution in [0.1, 0.15) is 12.8 Å². The maximum absolute atomic E-state index is 12.6. The molecular weight excluding hydrogens is 462 g/mol. The van der Waals surface area contributed by atoms with Crippen molar-refractivity contribution in [3.63, 3.8) is 0 Å². The molecule has 34 heavy (non-hydrogen) atoms. The van der Waals surface area contributed by atoms with E-state index in [1.54, 1.807) is 29.2 Å². The molecule has 2 aromatic carbocycles. The molecule has 10 nitrogen and oxygen atoms in total. The van der Waals surface area contributed by atoms with Gasteiger partial charge in [-0.2, -0.15) is 0 Å². The number of likely N-dealkylation sites (tertiary alicyclic amines) is 1. The zero-order valence-corrected chi connectivity index (χ0v) is 18.9. The summed E-state index contributed by atoms with van der Waals surface area (Å²) in [4.78, 5) is 38.1. The van der Waals surface area contributed by atoms with Gasteiger partial charge in [-0.05, 0) is 55.3 Å². The van der Waals surface area contributed by atoms with Gasteiger partial charge in [-0.1, -0.05) is 0 Å². The summed E-state index contributed by atoms with van der Waals surface area (Å²) in [6.45, 7) is 0.657. The first-order valence-electron chi connectivity index (χ1n) is 10.6. The van der Waals surface area contributed by atoms with Gasteiger partial charge >= 0.3 is 5.63 Å². The molecule has 1 aromatic heterocycles. The summed E-state index contributed by atoms with van der Waals surface area (Å²) in [5, 5.41) is 8.59. The number of piperidine rings is 1. The van der Waals surface area contributed by atoms with Crippen LogP contribution < -0.4 is 20.8 Å². The largest absolute Gasteiger partial charge is 0.484 e. The highest BCUT2D eigenvalue weighted by atomic mass is 32.2. The normalized spacial score (nSPS) is 14.7. The SMILES string of the molecule is NS(=O)(=O)c1ccc(NC(=O)C2CCN(C(=O)COc3ccc4ccc(=O)oc4c3)CC2)cc1. The monoisotopic (exact) mass is 485 g/mol. The van der Waals surface area contributed by atoms with Crippen LogP contribution in [0.5, 0.6) is 5.75 Å². The summed E-state index contributed by atoms with van der Waals surface area (Å²) < 4.78 is 33.3. The van der Waals surface area contributed by atoms with Crippen LogP contribution in [0.15, 0.2) is 68.7 Å². The average Bonchev–Trinajstić information content (AvgIpc) is 2.82. The lowest BCUT2D eigenvalue weighted by Crippen LogP contribution is -2.43. The van der Waals surface area contributed by atoms with E-state index < -0.39 is 15.6 Å². The van der Waals surface area contributed by atoms with E-state index in [1.165, 1.54) is 30.3 Å². The van der Waals surface area contributed by atoms with E-state index in [9.17, 15) is 22.8 Å². The van der Waals surface area contributed by atoms with Gasteiger partial charge in [0.1, 0.15) is 11.3 Å². The topological polar surface area (TPSA) is 149 Å². The van der Waals surface area contributed by atoms with Crippen molar-refractivity contribution in [3.05, 3.63) is 65.0 Å². The number of rotatable bonds is 6. The smallest absolute Gasteiger partial charge is 0.336 e. The van der Waals surface area contributed by atoms with Crippen molar-refractivity contribution in [2.75, 3.05) is 25.0 Å². The van der Waals surface area contributed by atoms with Crippen LogP contribution in [0, 0.1) is 5.92 Å². The zero-order chi connectivity index (χ0) is 24.3. The fourth-order valence-electron chi connectivity index (χ4n) is 3.73. The van der Waals surface area contributed by atoms with Gasteiger partial charge < -0.3 is 19.4 Å². The third-order valence-electron chi connectivity index (χ3n) is 5.63. The Balaban J connectivity index is 1.26. The van der Waals surface area contributed by atoms with Gasteiger partial charge in [0.15, 0.2) is 6.61 Å². The molecule has 1 aliphatic rings. The van der Waals surface area contributed by atoms with Crippen molar-refractivity contribution in [2.24, 2.45) is 11.1 Å². The van der Waals surface area contributed by atoms with E-state index in [1.807, 2.05) is 0 Å². The number of hydrogen-bond donors (Lipinski definition) is 2. The number of anilines is 1. The first-order chi connectivity index (χ1) is 16.2. The Labute approximate surface area is 195 Å². The number of ether oxygens (including phenoxy) is 1. The minimum atomic E-state index is -3.79. The first kappa shape index (κ1) is 23.5. The molecule has 0 saturated carbocycles. The number of carbonyl (C=O) groups is 2.